The lowest BCUT2D eigenvalue weighted by Gasteiger charge is -2.09. The summed E-state index contributed by atoms with van der Waals surface area (Å²) in [5.74, 6) is 0.616. The molecule has 0 saturated heterocycles. The van der Waals surface area contributed by atoms with Crippen LogP contribution in [-0.2, 0) is 0 Å². The molecule has 4 nitrogen and oxygen atoms in total. The standard InChI is InChI=1S/C15H16N4/c1-2-3-9-17-15-13(10-16)14(18-11-19-15)12-7-5-4-6-8-12/h4-8,11H,2-3,9H2,1H3,(H,17,18,19). The van der Waals surface area contributed by atoms with Gasteiger partial charge in [0.15, 0.2) is 0 Å². The predicted octanol–water partition coefficient (Wildman–Crippen LogP) is 3.23. The SMILES string of the molecule is CCCCNc1ncnc(-c2ccccc2)c1C#N. The van der Waals surface area contributed by atoms with Crippen LogP contribution >= 0.6 is 0 Å². The minimum absolute atomic E-state index is 0.504. The second kappa shape index (κ2) is 6.50. The van der Waals surface area contributed by atoms with Crippen LogP contribution in [-0.4, -0.2) is 16.5 Å². The van der Waals surface area contributed by atoms with Crippen LogP contribution in [0, 0.1) is 11.3 Å². The zero-order valence-electron chi connectivity index (χ0n) is 10.9. The molecule has 0 aliphatic rings. The molecular weight excluding hydrogens is 236 g/mol. The van der Waals surface area contributed by atoms with Crippen molar-refractivity contribution in [3.05, 3.63) is 42.2 Å². The monoisotopic (exact) mass is 252 g/mol. The molecule has 0 aliphatic heterocycles. The summed E-state index contributed by atoms with van der Waals surface area (Å²) in [6.07, 6.45) is 3.65. The number of rotatable bonds is 5. The molecule has 1 aromatic heterocycles. The molecule has 2 aromatic rings. The highest BCUT2D eigenvalue weighted by Gasteiger charge is 2.11. The summed E-state index contributed by atoms with van der Waals surface area (Å²) >= 11 is 0. The summed E-state index contributed by atoms with van der Waals surface area (Å²) < 4.78 is 0. The van der Waals surface area contributed by atoms with Crippen LogP contribution in [0.5, 0.6) is 0 Å². The summed E-state index contributed by atoms with van der Waals surface area (Å²) in [5.41, 5.74) is 2.11. The number of benzene rings is 1. The van der Waals surface area contributed by atoms with Crippen molar-refractivity contribution >= 4 is 5.82 Å². The molecule has 2 rings (SSSR count). The van der Waals surface area contributed by atoms with E-state index in [9.17, 15) is 5.26 Å². The van der Waals surface area contributed by atoms with Crippen LogP contribution in [0.25, 0.3) is 11.3 Å². The van der Waals surface area contributed by atoms with Crippen molar-refractivity contribution in [2.45, 2.75) is 19.8 Å². The fourth-order valence-electron chi connectivity index (χ4n) is 1.82. The van der Waals surface area contributed by atoms with Crippen molar-refractivity contribution in [3.63, 3.8) is 0 Å². The van der Waals surface area contributed by atoms with E-state index in [1.807, 2.05) is 30.3 Å². The van der Waals surface area contributed by atoms with Gasteiger partial charge in [0.05, 0.1) is 5.69 Å². The van der Waals surface area contributed by atoms with E-state index in [1.54, 1.807) is 0 Å². The second-order valence-electron chi connectivity index (χ2n) is 4.20. The Labute approximate surface area is 113 Å². The van der Waals surface area contributed by atoms with Gasteiger partial charge in [0.1, 0.15) is 23.8 Å². The molecule has 1 N–H and O–H groups in total. The lowest BCUT2D eigenvalue weighted by atomic mass is 10.1. The normalized spacial score (nSPS) is 9.89. The number of anilines is 1. The Balaban J connectivity index is 2.35. The van der Waals surface area contributed by atoms with Gasteiger partial charge >= 0.3 is 0 Å². The van der Waals surface area contributed by atoms with E-state index in [-0.39, 0.29) is 0 Å². The number of nitrogens with zero attached hydrogens (tertiary/aromatic N) is 3. The van der Waals surface area contributed by atoms with E-state index in [0.717, 1.165) is 24.9 Å². The highest BCUT2D eigenvalue weighted by molar-refractivity contribution is 5.72. The molecule has 0 radical (unpaired) electrons. The fraction of sp³-hybridized carbons (Fsp3) is 0.267. The molecule has 0 atom stereocenters. The smallest absolute Gasteiger partial charge is 0.148 e. The molecule has 19 heavy (non-hydrogen) atoms. The first kappa shape index (κ1) is 13.0. The largest absolute Gasteiger partial charge is 0.369 e. The van der Waals surface area contributed by atoms with E-state index in [4.69, 9.17) is 0 Å². The van der Waals surface area contributed by atoms with Crippen molar-refractivity contribution in [1.82, 2.24) is 9.97 Å². The number of nitriles is 1. The average Bonchev–Trinajstić information content (AvgIpc) is 2.48. The molecule has 0 bridgehead atoms. The van der Waals surface area contributed by atoms with Gasteiger partial charge in [0.2, 0.25) is 0 Å². The van der Waals surface area contributed by atoms with E-state index in [2.05, 4.69) is 28.3 Å². The number of aromatic nitrogens is 2. The van der Waals surface area contributed by atoms with Crippen LogP contribution < -0.4 is 5.32 Å². The molecule has 4 heteroatoms. The van der Waals surface area contributed by atoms with Gasteiger partial charge in [-0.2, -0.15) is 5.26 Å². The molecule has 0 aliphatic carbocycles. The van der Waals surface area contributed by atoms with Gasteiger partial charge in [-0.3, -0.25) is 0 Å². The van der Waals surface area contributed by atoms with Crippen molar-refractivity contribution in [3.8, 4) is 17.3 Å². The Bertz CT molecular complexity index is 572. The summed E-state index contributed by atoms with van der Waals surface area (Å²) in [6, 6.07) is 11.9. The zero-order chi connectivity index (χ0) is 13.5. The first-order chi connectivity index (χ1) is 9.36. The van der Waals surface area contributed by atoms with Crippen LogP contribution in [0.3, 0.4) is 0 Å². The van der Waals surface area contributed by atoms with E-state index in [0.29, 0.717) is 17.1 Å². The third-order valence-corrected chi connectivity index (χ3v) is 2.83. The third kappa shape index (κ3) is 3.08. The topological polar surface area (TPSA) is 61.6 Å². The molecule has 0 saturated carbocycles. The van der Waals surface area contributed by atoms with Gasteiger partial charge in [-0.05, 0) is 6.42 Å². The minimum Gasteiger partial charge on any atom is -0.369 e. The molecule has 0 unspecified atom stereocenters. The zero-order valence-corrected chi connectivity index (χ0v) is 10.9. The Morgan fingerprint density at radius 2 is 2.00 bits per heavy atom. The van der Waals surface area contributed by atoms with Crippen LogP contribution in [0.2, 0.25) is 0 Å². The maximum absolute atomic E-state index is 9.35. The van der Waals surface area contributed by atoms with E-state index < -0.39 is 0 Å². The van der Waals surface area contributed by atoms with Gasteiger partial charge in [0.25, 0.3) is 0 Å². The van der Waals surface area contributed by atoms with Gasteiger partial charge in [0, 0.05) is 12.1 Å². The van der Waals surface area contributed by atoms with Crippen LogP contribution in [0.15, 0.2) is 36.7 Å². The first-order valence-corrected chi connectivity index (χ1v) is 6.41. The van der Waals surface area contributed by atoms with Gasteiger partial charge in [-0.25, -0.2) is 9.97 Å². The first-order valence-electron chi connectivity index (χ1n) is 6.41. The van der Waals surface area contributed by atoms with Crippen LogP contribution in [0.1, 0.15) is 25.3 Å². The summed E-state index contributed by atoms with van der Waals surface area (Å²) in [4.78, 5) is 8.40. The summed E-state index contributed by atoms with van der Waals surface area (Å²) in [5, 5.41) is 12.5. The Morgan fingerprint density at radius 1 is 1.21 bits per heavy atom. The second-order valence-corrected chi connectivity index (χ2v) is 4.20. The molecule has 96 valence electrons. The molecule has 0 amide bonds. The lowest BCUT2D eigenvalue weighted by molar-refractivity contribution is 0.830. The van der Waals surface area contributed by atoms with E-state index in [1.165, 1.54) is 6.33 Å². The average molecular weight is 252 g/mol. The molecule has 1 heterocycles. The van der Waals surface area contributed by atoms with Crippen molar-refractivity contribution in [2.75, 3.05) is 11.9 Å². The fourth-order valence-corrected chi connectivity index (χ4v) is 1.82. The van der Waals surface area contributed by atoms with Gasteiger partial charge in [-0.1, -0.05) is 43.7 Å². The maximum Gasteiger partial charge on any atom is 0.148 e. The summed E-state index contributed by atoms with van der Waals surface area (Å²) in [7, 11) is 0. The summed E-state index contributed by atoms with van der Waals surface area (Å²) in [6.45, 7) is 2.94. The maximum atomic E-state index is 9.35. The Kier molecular flexibility index (Phi) is 4.46. The number of hydrogen-bond donors (Lipinski definition) is 1. The highest BCUT2D eigenvalue weighted by atomic mass is 15.0. The van der Waals surface area contributed by atoms with Crippen LogP contribution in [0.4, 0.5) is 5.82 Å². The van der Waals surface area contributed by atoms with Crippen molar-refractivity contribution < 1.29 is 0 Å². The number of unbranched alkanes of at least 4 members (excludes halogenated alkanes) is 1. The van der Waals surface area contributed by atoms with Crippen molar-refractivity contribution in [2.24, 2.45) is 0 Å². The third-order valence-electron chi connectivity index (χ3n) is 2.83. The number of nitrogens with one attached hydrogen (secondary N) is 1. The van der Waals surface area contributed by atoms with Gasteiger partial charge < -0.3 is 5.32 Å². The minimum atomic E-state index is 0.504. The van der Waals surface area contributed by atoms with E-state index >= 15 is 0 Å². The Hall–Kier alpha value is -2.41. The number of hydrogen-bond acceptors (Lipinski definition) is 4. The quantitative estimate of drug-likeness (QED) is 0.830. The highest BCUT2D eigenvalue weighted by Crippen LogP contribution is 2.24. The molecular formula is C15H16N4. The lowest BCUT2D eigenvalue weighted by Crippen LogP contribution is -2.06. The molecule has 0 spiro atoms. The van der Waals surface area contributed by atoms with Gasteiger partial charge in [-0.15, -0.1) is 0 Å². The predicted molar refractivity (Wildman–Crippen MR) is 75.6 cm³/mol. The molecule has 1 aromatic carbocycles. The van der Waals surface area contributed by atoms with Crippen molar-refractivity contribution in [1.29, 1.82) is 5.26 Å². The molecule has 0 fully saturated rings. The Morgan fingerprint density at radius 3 is 2.68 bits per heavy atom.